The molecule has 1 aromatic rings. The molecule has 0 amide bonds. The molecule has 1 radical (unpaired) electrons. The molecule has 0 fully saturated rings. The summed E-state index contributed by atoms with van der Waals surface area (Å²) in [7, 11) is 1.72. The van der Waals surface area contributed by atoms with Gasteiger partial charge in [0.25, 0.3) is 0 Å². The summed E-state index contributed by atoms with van der Waals surface area (Å²) in [4.78, 5) is 1.39. The monoisotopic (exact) mass is 147 g/mol. The Balaban J connectivity index is 0.000000360. The van der Waals surface area contributed by atoms with Crippen LogP contribution >= 0.6 is 0 Å². The second-order valence-corrected chi connectivity index (χ2v) is 0.925. The van der Waals surface area contributed by atoms with Crippen molar-refractivity contribution < 1.29 is 17.1 Å². The van der Waals surface area contributed by atoms with E-state index in [-0.39, 0.29) is 17.1 Å². The van der Waals surface area contributed by atoms with Crippen molar-refractivity contribution in [3.05, 3.63) is 6.33 Å². The normalized spacial score (nSPS) is 7.57. The summed E-state index contributed by atoms with van der Waals surface area (Å²) >= 11 is 0. The molecule has 0 bridgehead atoms. The third-order valence-electron chi connectivity index (χ3n) is 0.451. The SMILES string of the molecule is Cn1ncnn1.[Cu]. The second kappa shape index (κ2) is 2.71. The maximum absolute atomic E-state index is 3.61. The zero-order chi connectivity index (χ0) is 4.41. The van der Waals surface area contributed by atoms with Crippen molar-refractivity contribution in [2.45, 2.75) is 0 Å². The van der Waals surface area contributed by atoms with Crippen LogP contribution < -0.4 is 0 Å². The average Bonchev–Trinajstić information content (AvgIpc) is 1.86. The third kappa shape index (κ3) is 1.66. The largest absolute Gasteiger partial charge is 0.168 e. The molecule has 43 valence electrons. The van der Waals surface area contributed by atoms with Gasteiger partial charge in [0.2, 0.25) is 0 Å². The number of tetrazole rings is 1. The van der Waals surface area contributed by atoms with Gasteiger partial charge in [-0.2, -0.15) is 4.80 Å². The van der Waals surface area contributed by atoms with Crippen molar-refractivity contribution in [2.24, 2.45) is 7.05 Å². The van der Waals surface area contributed by atoms with Gasteiger partial charge in [-0.3, -0.25) is 0 Å². The van der Waals surface area contributed by atoms with Gasteiger partial charge < -0.3 is 0 Å². The number of hydrogen-bond acceptors (Lipinski definition) is 3. The van der Waals surface area contributed by atoms with Gasteiger partial charge in [-0.05, 0) is 5.21 Å². The molecule has 1 rings (SSSR count). The number of hydrogen-bond donors (Lipinski definition) is 0. The van der Waals surface area contributed by atoms with E-state index in [1.165, 1.54) is 11.1 Å². The fraction of sp³-hybridized carbons (Fsp3) is 0.500. The molecule has 5 heteroatoms. The zero-order valence-corrected chi connectivity index (χ0v) is 4.61. The van der Waals surface area contributed by atoms with Crippen molar-refractivity contribution in [2.75, 3.05) is 0 Å². The zero-order valence-electron chi connectivity index (χ0n) is 3.67. The fourth-order valence-electron chi connectivity index (χ4n) is 0.219. The van der Waals surface area contributed by atoms with E-state index in [0.29, 0.717) is 0 Å². The van der Waals surface area contributed by atoms with Gasteiger partial charge in [0.1, 0.15) is 0 Å². The minimum absolute atomic E-state index is 0. The third-order valence-corrected chi connectivity index (χ3v) is 0.451. The molecule has 4 nitrogen and oxygen atoms in total. The van der Waals surface area contributed by atoms with Crippen molar-refractivity contribution in [3.63, 3.8) is 0 Å². The Morgan fingerprint density at radius 3 is 2.43 bits per heavy atom. The molecule has 1 heterocycles. The van der Waals surface area contributed by atoms with Gasteiger partial charge in [0, 0.05) is 17.1 Å². The van der Waals surface area contributed by atoms with E-state index in [4.69, 9.17) is 0 Å². The first kappa shape index (κ1) is 6.59. The minimum atomic E-state index is 0. The van der Waals surface area contributed by atoms with Crippen LogP contribution in [0, 0.1) is 0 Å². The van der Waals surface area contributed by atoms with E-state index in [2.05, 4.69) is 15.4 Å². The molecule has 0 N–H and O–H groups in total. The molecule has 0 aromatic carbocycles. The predicted molar refractivity (Wildman–Crippen MR) is 18.8 cm³/mol. The van der Waals surface area contributed by atoms with Crippen molar-refractivity contribution in [1.82, 2.24) is 20.2 Å². The summed E-state index contributed by atoms with van der Waals surface area (Å²) in [5.74, 6) is 0. The second-order valence-electron chi connectivity index (χ2n) is 0.925. The van der Waals surface area contributed by atoms with E-state index in [1.54, 1.807) is 7.05 Å². The molecular formula is C2H4CuN4. The fourth-order valence-corrected chi connectivity index (χ4v) is 0.219. The van der Waals surface area contributed by atoms with E-state index in [9.17, 15) is 0 Å². The van der Waals surface area contributed by atoms with Gasteiger partial charge in [-0.25, -0.2) is 0 Å². The number of aryl methyl sites for hydroxylation is 1. The van der Waals surface area contributed by atoms with Crippen LogP contribution in [0.3, 0.4) is 0 Å². The van der Waals surface area contributed by atoms with Gasteiger partial charge in [0.15, 0.2) is 6.33 Å². The summed E-state index contributed by atoms with van der Waals surface area (Å²) in [6.07, 6.45) is 1.39. The molecule has 0 aliphatic heterocycles. The van der Waals surface area contributed by atoms with E-state index in [0.717, 1.165) is 0 Å². The van der Waals surface area contributed by atoms with Crippen LogP contribution in [0.15, 0.2) is 6.33 Å². The van der Waals surface area contributed by atoms with Crippen LogP contribution in [0.25, 0.3) is 0 Å². The smallest absolute Gasteiger partial charge is 0.162 e. The molecule has 0 atom stereocenters. The first-order valence-corrected chi connectivity index (χ1v) is 1.56. The summed E-state index contributed by atoms with van der Waals surface area (Å²) in [6, 6.07) is 0. The topological polar surface area (TPSA) is 43.6 Å². The molecule has 0 unspecified atom stereocenters. The minimum Gasteiger partial charge on any atom is -0.168 e. The van der Waals surface area contributed by atoms with Gasteiger partial charge in [-0.1, -0.05) is 0 Å². The molecule has 0 spiro atoms. The average molecular weight is 148 g/mol. The first-order chi connectivity index (χ1) is 2.89. The van der Waals surface area contributed by atoms with E-state index >= 15 is 0 Å². The summed E-state index contributed by atoms with van der Waals surface area (Å²) in [6.45, 7) is 0. The summed E-state index contributed by atoms with van der Waals surface area (Å²) in [5, 5.41) is 10.5. The van der Waals surface area contributed by atoms with E-state index in [1.807, 2.05) is 0 Å². The number of aromatic nitrogens is 4. The number of rotatable bonds is 0. The van der Waals surface area contributed by atoms with Crippen LogP contribution in [-0.4, -0.2) is 20.2 Å². The van der Waals surface area contributed by atoms with Crippen LogP contribution in [0.5, 0.6) is 0 Å². The van der Waals surface area contributed by atoms with Crippen molar-refractivity contribution in [3.8, 4) is 0 Å². The maximum Gasteiger partial charge on any atom is 0.162 e. The molecule has 7 heavy (non-hydrogen) atoms. The van der Waals surface area contributed by atoms with Crippen molar-refractivity contribution >= 4 is 0 Å². The molecular weight excluding hydrogens is 144 g/mol. The Morgan fingerprint density at radius 2 is 2.29 bits per heavy atom. The molecule has 1 aromatic heterocycles. The van der Waals surface area contributed by atoms with Crippen LogP contribution in [0.2, 0.25) is 0 Å². The van der Waals surface area contributed by atoms with Gasteiger partial charge >= 0.3 is 0 Å². The predicted octanol–water partition coefficient (Wildman–Crippen LogP) is -0.792. The Morgan fingerprint density at radius 1 is 1.57 bits per heavy atom. The number of nitrogens with zero attached hydrogens (tertiary/aromatic N) is 4. The Hall–Kier alpha value is -0.411. The Kier molecular flexibility index (Phi) is 2.55. The standard InChI is InChI=1S/C2H4N4.Cu/c1-6-4-2-3-5-6;/h2H,1H3;. The summed E-state index contributed by atoms with van der Waals surface area (Å²) < 4.78 is 0. The van der Waals surface area contributed by atoms with Crippen LogP contribution in [-0.2, 0) is 24.1 Å². The van der Waals surface area contributed by atoms with Gasteiger partial charge in [0.05, 0.1) is 7.05 Å². The first-order valence-electron chi connectivity index (χ1n) is 1.56. The molecule has 0 aliphatic carbocycles. The maximum atomic E-state index is 3.61. The van der Waals surface area contributed by atoms with Gasteiger partial charge in [-0.15, -0.1) is 10.2 Å². The quantitative estimate of drug-likeness (QED) is 0.452. The summed E-state index contributed by atoms with van der Waals surface area (Å²) in [5.41, 5.74) is 0. The van der Waals surface area contributed by atoms with Crippen LogP contribution in [0.1, 0.15) is 0 Å². The Bertz CT molecular complexity index is 113. The molecule has 0 saturated heterocycles. The van der Waals surface area contributed by atoms with Crippen LogP contribution in [0.4, 0.5) is 0 Å². The molecule has 0 aliphatic rings. The van der Waals surface area contributed by atoms with Crippen molar-refractivity contribution in [1.29, 1.82) is 0 Å². The molecule has 0 saturated carbocycles. The van der Waals surface area contributed by atoms with E-state index < -0.39 is 0 Å². The Labute approximate surface area is 51.4 Å².